The van der Waals surface area contributed by atoms with Crippen molar-refractivity contribution in [3.05, 3.63) is 0 Å². The first-order valence-electron chi connectivity index (χ1n) is 36.7. The summed E-state index contributed by atoms with van der Waals surface area (Å²) in [7, 11) is -9.90. The first-order valence-corrected chi connectivity index (χ1v) is 39.7. The molecule has 0 spiro atoms. The molecule has 17 nitrogen and oxygen atoms in total. The van der Waals surface area contributed by atoms with E-state index in [1.807, 2.05) is 0 Å². The van der Waals surface area contributed by atoms with Gasteiger partial charge in [0.2, 0.25) is 0 Å². The van der Waals surface area contributed by atoms with Crippen LogP contribution < -0.4 is 0 Å². The quantitative estimate of drug-likeness (QED) is 0.0222. The van der Waals surface area contributed by atoms with Crippen LogP contribution in [0.1, 0.15) is 351 Å². The largest absolute Gasteiger partial charge is 0.472 e. The summed E-state index contributed by atoms with van der Waals surface area (Å²) in [6, 6.07) is 0. The Hall–Kier alpha value is -1.94. The van der Waals surface area contributed by atoms with Crippen molar-refractivity contribution in [1.29, 1.82) is 0 Å². The molecule has 0 saturated carbocycles. The van der Waals surface area contributed by atoms with E-state index < -0.39 is 97.5 Å². The molecule has 0 aliphatic rings. The molecule has 0 aromatic heterocycles. The molecule has 0 aliphatic heterocycles. The zero-order valence-electron chi connectivity index (χ0n) is 58.8. The topological polar surface area (TPSA) is 237 Å². The van der Waals surface area contributed by atoms with Gasteiger partial charge in [0.25, 0.3) is 0 Å². The van der Waals surface area contributed by atoms with Crippen LogP contribution in [-0.2, 0) is 65.4 Å². The fraction of sp³-hybridized carbons (Fsp3) is 0.944. The van der Waals surface area contributed by atoms with Crippen molar-refractivity contribution in [3.63, 3.8) is 0 Å². The second-order valence-electron chi connectivity index (χ2n) is 27.3. The lowest BCUT2D eigenvalue weighted by molar-refractivity contribution is -0.161. The molecular weight excluding hydrogens is 1190 g/mol. The third kappa shape index (κ3) is 63.5. The van der Waals surface area contributed by atoms with Crippen molar-refractivity contribution in [2.45, 2.75) is 369 Å². The van der Waals surface area contributed by atoms with Crippen LogP contribution in [0.5, 0.6) is 0 Å². The number of unbranched alkanes of at least 4 members (excludes halogenated alkanes) is 33. The number of esters is 4. The molecule has 19 heteroatoms. The monoisotopic (exact) mass is 1320 g/mol. The van der Waals surface area contributed by atoms with E-state index in [4.69, 9.17) is 37.0 Å². The second kappa shape index (κ2) is 60.7. The van der Waals surface area contributed by atoms with Crippen LogP contribution in [0.2, 0.25) is 0 Å². The number of phosphoric ester groups is 2. The van der Waals surface area contributed by atoms with Gasteiger partial charge in [0.05, 0.1) is 26.4 Å². The third-order valence-corrected chi connectivity index (χ3v) is 18.6. The fourth-order valence-electron chi connectivity index (χ4n) is 10.6. The summed E-state index contributed by atoms with van der Waals surface area (Å²) in [5.74, 6) is 0.875. The Morgan fingerprint density at radius 2 is 0.533 bits per heavy atom. The van der Waals surface area contributed by atoms with Crippen LogP contribution in [0, 0.1) is 23.7 Å². The van der Waals surface area contributed by atoms with Crippen molar-refractivity contribution in [3.8, 4) is 0 Å². The maximum absolute atomic E-state index is 13.0. The molecule has 6 atom stereocenters. The molecule has 534 valence electrons. The van der Waals surface area contributed by atoms with E-state index in [9.17, 15) is 43.2 Å². The van der Waals surface area contributed by atoms with Gasteiger partial charge in [-0.2, -0.15) is 0 Å². The van der Waals surface area contributed by atoms with Crippen molar-refractivity contribution in [1.82, 2.24) is 0 Å². The van der Waals surface area contributed by atoms with E-state index in [0.717, 1.165) is 120 Å². The molecule has 0 aromatic carbocycles. The van der Waals surface area contributed by atoms with Gasteiger partial charge in [-0.25, -0.2) is 9.13 Å². The molecular formula is C71H138O17P2. The SMILES string of the molecule is CCC(C)CCCCCCCCC(=O)OC[C@H](COP(=O)(O)OC[C@H](O)COP(=O)(O)OC[C@@H](COC(=O)CCCCCCCCCCCC(C)C)OC(=O)CCCCCCCCCCCCC(C)C)OC(=O)CCCCCCCCCCCCCCC(C)C. The molecule has 0 radical (unpaired) electrons. The summed E-state index contributed by atoms with van der Waals surface area (Å²) in [4.78, 5) is 72.6. The van der Waals surface area contributed by atoms with Gasteiger partial charge in [0.15, 0.2) is 12.2 Å². The Labute approximate surface area is 549 Å². The lowest BCUT2D eigenvalue weighted by Crippen LogP contribution is -2.30. The molecule has 3 N–H and O–H groups in total. The summed E-state index contributed by atoms with van der Waals surface area (Å²) >= 11 is 0. The zero-order chi connectivity index (χ0) is 66.8. The highest BCUT2D eigenvalue weighted by molar-refractivity contribution is 7.47. The number of hydrogen-bond acceptors (Lipinski definition) is 15. The van der Waals surface area contributed by atoms with Crippen LogP contribution in [-0.4, -0.2) is 96.7 Å². The number of ether oxygens (including phenoxy) is 4. The average molecular weight is 1330 g/mol. The number of phosphoric acid groups is 2. The molecule has 0 rings (SSSR count). The molecule has 0 saturated heterocycles. The van der Waals surface area contributed by atoms with Gasteiger partial charge in [0.1, 0.15) is 19.3 Å². The summed E-state index contributed by atoms with van der Waals surface area (Å²) in [6.45, 7) is 14.1. The van der Waals surface area contributed by atoms with Crippen molar-refractivity contribution in [2.75, 3.05) is 39.6 Å². The van der Waals surface area contributed by atoms with Gasteiger partial charge in [-0.3, -0.25) is 37.3 Å². The number of carbonyl (C=O) groups is 4. The van der Waals surface area contributed by atoms with E-state index in [-0.39, 0.29) is 25.7 Å². The van der Waals surface area contributed by atoms with Crippen molar-refractivity contribution < 1.29 is 80.2 Å². The highest BCUT2D eigenvalue weighted by atomic mass is 31.2. The standard InChI is InChI=1S/C71H138O17P2/c1-9-64(8)50-42-34-29-30-36-44-52-69(74)82-58-67(88-70(75)53-45-37-27-20-13-11-10-12-17-23-31-39-47-61(2)3)60-86-90(79,80)84-56-65(72)55-83-89(77,78)85-59-66(57-81-68(73)51-43-35-26-22-16-19-25-33-41-49-63(6)7)87-71(76)54-46-38-28-21-15-14-18-24-32-40-48-62(4)5/h61-67,72H,9-60H2,1-8H3,(H,77,78)(H,79,80)/t64?,65-,66-,67-/m1/s1. The van der Waals surface area contributed by atoms with Crippen LogP contribution in [0.25, 0.3) is 0 Å². The maximum atomic E-state index is 13.0. The zero-order valence-corrected chi connectivity index (χ0v) is 60.6. The Morgan fingerprint density at radius 3 is 0.789 bits per heavy atom. The third-order valence-electron chi connectivity index (χ3n) is 16.7. The minimum absolute atomic E-state index is 0.105. The number of rotatable bonds is 68. The smallest absolute Gasteiger partial charge is 0.462 e. The molecule has 0 fully saturated rings. The van der Waals surface area contributed by atoms with E-state index >= 15 is 0 Å². The molecule has 0 bridgehead atoms. The predicted octanol–water partition coefficient (Wildman–Crippen LogP) is 20.1. The Kier molecular flexibility index (Phi) is 59.4. The minimum atomic E-state index is -4.95. The van der Waals surface area contributed by atoms with Crippen LogP contribution in [0.15, 0.2) is 0 Å². The summed E-state index contributed by atoms with van der Waals surface area (Å²) < 4.78 is 68.3. The van der Waals surface area contributed by atoms with Gasteiger partial charge < -0.3 is 33.8 Å². The first-order chi connectivity index (χ1) is 43.1. The van der Waals surface area contributed by atoms with E-state index in [0.29, 0.717) is 25.7 Å². The minimum Gasteiger partial charge on any atom is -0.462 e. The molecule has 0 amide bonds. The number of carbonyl (C=O) groups excluding carboxylic acids is 4. The summed E-state index contributed by atoms with van der Waals surface area (Å²) in [5, 5.41) is 10.6. The first kappa shape index (κ1) is 88.1. The highest BCUT2D eigenvalue weighted by Crippen LogP contribution is 2.45. The maximum Gasteiger partial charge on any atom is 0.472 e. The fourth-order valence-corrected chi connectivity index (χ4v) is 12.2. The number of hydrogen-bond donors (Lipinski definition) is 3. The van der Waals surface area contributed by atoms with Gasteiger partial charge >= 0.3 is 39.5 Å². The van der Waals surface area contributed by atoms with E-state index in [1.165, 1.54) is 148 Å². The predicted molar refractivity (Wildman–Crippen MR) is 363 cm³/mol. The highest BCUT2D eigenvalue weighted by Gasteiger charge is 2.30. The van der Waals surface area contributed by atoms with Crippen LogP contribution >= 0.6 is 15.6 Å². The van der Waals surface area contributed by atoms with Gasteiger partial charge in [-0.15, -0.1) is 0 Å². The Bertz CT molecular complexity index is 1780. The van der Waals surface area contributed by atoms with E-state index in [2.05, 4.69) is 55.4 Å². The van der Waals surface area contributed by atoms with Crippen molar-refractivity contribution >= 4 is 39.5 Å². The molecule has 90 heavy (non-hydrogen) atoms. The van der Waals surface area contributed by atoms with Gasteiger partial charge in [0, 0.05) is 25.7 Å². The lowest BCUT2D eigenvalue weighted by Gasteiger charge is -2.21. The molecule has 0 aromatic rings. The number of aliphatic hydroxyl groups is 1. The number of aliphatic hydroxyl groups excluding tert-OH is 1. The normalized spacial score (nSPS) is 14.6. The Balaban J connectivity index is 5.26. The molecule has 3 unspecified atom stereocenters. The van der Waals surface area contributed by atoms with E-state index in [1.54, 1.807) is 0 Å². The van der Waals surface area contributed by atoms with Crippen LogP contribution in [0.3, 0.4) is 0 Å². The van der Waals surface area contributed by atoms with Gasteiger partial charge in [-0.1, -0.05) is 299 Å². The summed E-state index contributed by atoms with van der Waals surface area (Å²) in [5.41, 5.74) is 0. The molecule has 0 heterocycles. The van der Waals surface area contributed by atoms with Crippen molar-refractivity contribution in [2.24, 2.45) is 23.7 Å². The second-order valence-corrected chi connectivity index (χ2v) is 30.2. The summed E-state index contributed by atoms with van der Waals surface area (Å²) in [6.07, 6.45) is 43.0. The Morgan fingerprint density at radius 1 is 0.311 bits per heavy atom. The van der Waals surface area contributed by atoms with Crippen LogP contribution in [0.4, 0.5) is 0 Å². The average Bonchev–Trinajstić information content (AvgIpc) is 3.71. The lowest BCUT2D eigenvalue weighted by atomic mass is 10.00. The van der Waals surface area contributed by atoms with Gasteiger partial charge in [-0.05, 0) is 49.4 Å². The molecule has 0 aliphatic carbocycles.